The first-order valence-corrected chi connectivity index (χ1v) is 0.752. The smallest absolute Gasteiger partial charge is 2.00 e. The Kier molecular flexibility index (Phi) is 242. The van der Waals surface area contributed by atoms with Crippen molar-refractivity contribution in [3.63, 3.8) is 0 Å². The van der Waals surface area contributed by atoms with Crippen molar-refractivity contribution in [3.8, 4) is 0 Å². The van der Waals surface area contributed by atoms with Gasteiger partial charge in [0.1, 0.15) is 0 Å². The van der Waals surface area contributed by atoms with Crippen LogP contribution in [0.15, 0.2) is 0 Å². The Balaban J connectivity index is -0.00000000300. The van der Waals surface area contributed by atoms with Crippen molar-refractivity contribution in [2.24, 2.45) is 0 Å². The largest absolute Gasteiger partial charge is 3.00 e. The molecule has 0 radical (unpaired) electrons. The van der Waals surface area contributed by atoms with Gasteiger partial charge in [0, 0.05) is 0 Å². The van der Waals surface area contributed by atoms with E-state index < -0.39 is 7.32 Å². The van der Waals surface area contributed by atoms with E-state index in [0.717, 1.165) is 0 Å². The molecule has 0 saturated carbocycles. The van der Waals surface area contributed by atoms with E-state index in [9.17, 15) is 0 Å². The van der Waals surface area contributed by atoms with Crippen LogP contribution in [0.5, 0.6) is 0 Å². The fourth-order valence-electron chi connectivity index (χ4n) is 0. The Morgan fingerprint density at radius 1 is 1.00 bits per heavy atom. The minimum atomic E-state index is -2.42. The summed E-state index contributed by atoms with van der Waals surface area (Å²) in [7, 11) is -2.42. The normalized spacial score (nSPS) is 2.70. The molecule has 0 aliphatic carbocycles. The first-order chi connectivity index (χ1) is 1.73. The third kappa shape index (κ3) is 174. The summed E-state index contributed by atoms with van der Waals surface area (Å²) in [5, 5.41) is 22.8. The Hall–Kier alpha value is 2.24. The minimum absolute atomic E-state index is 0. The summed E-state index contributed by atoms with van der Waals surface area (Å²) in [5.74, 6) is 0. The molecule has 0 aromatic carbocycles. The van der Waals surface area contributed by atoms with Crippen LogP contribution < -0.4 is 5.02 Å². The van der Waals surface area contributed by atoms with E-state index in [1.807, 2.05) is 0 Å². The molecule has 6 nitrogen and oxygen atoms in total. The summed E-state index contributed by atoms with van der Waals surface area (Å²) in [6.45, 7) is 0. The van der Waals surface area contributed by atoms with Crippen LogP contribution in [0, 0.1) is 0 Å². The minimum Gasteiger partial charge on any atom is -2.00 e. The van der Waals surface area contributed by atoms with Crippen molar-refractivity contribution in [2.75, 3.05) is 0 Å². The third-order valence-corrected chi connectivity index (χ3v) is 0. The zero-order chi connectivity index (χ0) is 3.58. The Morgan fingerprint density at radius 2 is 1.00 bits per heavy atom. The summed E-state index contributed by atoms with van der Waals surface area (Å²) < 4.78 is 0. The van der Waals surface area contributed by atoms with E-state index in [0.29, 0.717) is 0 Å². The Labute approximate surface area is 112 Å². The van der Waals surface area contributed by atoms with Gasteiger partial charge >= 0.3 is 81.9 Å². The van der Waals surface area contributed by atoms with Crippen molar-refractivity contribution in [1.29, 1.82) is 0 Å². The molecular formula is H2AlBCaO6Zn. The summed E-state index contributed by atoms with van der Waals surface area (Å²) >= 11 is 0. The summed E-state index contributed by atoms with van der Waals surface area (Å²) in [5.41, 5.74) is 0. The molecule has 0 fully saturated rings. The average Bonchev–Trinajstić information content (AvgIpc) is 0.811. The van der Waals surface area contributed by atoms with Crippen LogP contribution in [-0.4, -0.2) is 72.5 Å². The fourth-order valence-corrected chi connectivity index (χ4v) is 0. The van der Waals surface area contributed by atoms with Gasteiger partial charge in [-0.2, -0.15) is 0 Å². The topological polar surface area (TPSA) is 149 Å². The van der Waals surface area contributed by atoms with Gasteiger partial charge in [-0.3, -0.25) is 0 Å². The predicted octanol–water partition coefficient (Wildman–Crippen LogP) is -3.80. The molecule has 48 valence electrons. The monoisotopic (exact) mass is 240 g/mol. The zero-order valence-electron chi connectivity index (χ0n) is 5.10. The van der Waals surface area contributed by atoms with Crippen LogP contribution >= 0.6 is 0 Å². The Morgan fingerprint density at radius 3 is 1.00 bits per heavy atom. The summed E-state index contributed by atoms with van der Waals surface area (Å²) in [6.07, 6.45) is 0. The van der Waals surface area contributed by atoms with Gasteiger partial charge in [-0.15, -0.1) is 0 Å². The van der Waals surface area contributed by atoms with Crippen LogP contribution in [0.1, 0.15) is 0 Å². The third-order valence-electron chi connectivity index (χ3n) is 0. The van der Waals surface area contributed by atoms with E-state index in [4.69, 9.17) is 15.1 Å². The molecule has 0 bridgehead atoms. The first kappa shape index (κ1) is 56.3. The second-order valence-corrected chi connectivity index (χ2v) is 0.326. The van der Waals surface area contributed by atoms with Gasteiger partial charge in [-0.05, 0) is 0 Å². The second-order valence-electron chi connectivity index (χ2n) is 0.326. The van der Waals surface area contributed by atoms with Gasteiger partial charge in [0.25, 0.3) is 0 Å². The van der Waals surface area contributed by atoms with Gasteiger partial charge in [-0.25, -0.2) is 0 Å². The Bertz CT molecular complexity index is 22.5. The molecule has 0 aromatic heterocycles. The maximum atomic E-state index is 8.64. The standard InChI is InChI=1S/Al.BH2O3.Ca.3O.Zn/c;2-1(3)4;;;;;/h;2-3H;;;;;/q+3;-1;+2;3*-2;+2. The van der Waals surface area contributed by atoms with E-state index in [1.165, 1.54) is 0 Å². The molecule has 0 saturated heterocycles. The molecule has 0 unspecified atom stereocenters. The molecule has 0 spiro atoms. The van der Waals surface area contributed by atoms with Crippen LogP contribution in [-0.2, 0) is 35.9 Å². The van der Waals surface area contributed by atoms with Crippen molar-refractivity contribution in [2.45, 2.75) is 0 Å². The molecular weight excluding hydrogens is 239 g/mol. The molecule has 0 atom stereocenters. The molecule has 10 heavy (non-hydrogen) atoms. The van der Waals surface area contributed by atoms with E-state index >= 15 is 0 Å². The van der Waals surface area contributed by atoms with Gasteiger partial charge in [0.05, 0.1) is 0 Å². The van der Waals surface area contributed by atoms with Crippen LogP contribution in [0.2, 0.25) is 0 Å². The SMILES string of the molecule is [Al+3].[Ca+2].[O-2].[O-2].[O-2].[O-]B(O)O.[Zn+2]. The maximum absolute atomic E-state index is 8.64. The molecule has 10 heteroatoms. The zero-order valence-corrected chi connectivity index (χ0v) is 11.4. The molecule has 0 amide bonds. The predicted molar refractivity (Wildman–Crippen MR) is 23.8 cm³/mol. The second kappa shape index (κ2) is 42.9. The summed E-state index contributed by atoms with van der Waals surface area (Å²) in [6, 6.07) is 0. The van der Waals surface area contributed by atoms with Gasteiger partial charge < -0.3 is 31.5 Å². The quantitative estimate of drug-likeness (QED) is 0.418. The van der Waals surface area contributed by atoms with Crippen LogP contribution in [0.4, 0.5) is 0 Å². The first-order valence-electron chi connectivity index (χ1n) is 0.752. The van der Waals surface area contributed by atoms with Crippen LogP contribution in [0.3, 0.4) is 0 Å². The number of hydrogen-bond donors (Lipinski definition) is 2. The van der Waals surface area contributed by atoms with Crippen molar-refractivity contribution < 1.29 is 51.0 Å². The molecule has 0 aliphatic rings. The van der Waals surface area contributed by atoms with Crippen molar-refractivity contribution >= 4 is 62.4 Å². The fraction of sp³-hybridized carbons (Fsp3) is 0. The van der Waals surface area contributed by atoms with Gasteiger partial charge in [0.15, 0.2) is 0 Å². The van der Waals surface area contributed by atoms with E-state index in [-0.39, 0.29) is 91.0 Å². The maximum Gasteiger partial charge on any atom is 3.00 e. The van der Waals surface area contributed by atoms with E-state index in [2.05, 4.69) is 0 Å². The molecule has 0 aliphatic heterocycles. The molecule has 0 rings (SSSR count). The number of hydrogen-bond acceptors (Lipinski definition) is 3. The van der Waals surface area contributed by atoms with Crippen molar-refractivity contribution in [3.05, 3.63) is 0 Å². The molecule has 2 N–H and O–H groups in total. The van der Waals surface area contributed by atoms with Gasteiger partial charge in [0.2, 0.25) is 0 Å². The van der Waals surface area contributed by atoms with Gasteiger partial charge in [-0.1, -0.05) is 0 Å². The number of rotatable bonds is 0. The van der Waals surface area contributed by atoms with Crippen molar-refractivity contribution in [1.82, 2.24) is 0 Å². The van der Waals surface area contributed by atoms with E-state index in [1.54, 1.807) is 0 Å². The molecule has 0 heterocycles. The average molecular weight is 241 g/mol. The summed E-state index contributed by atoms with van der Waals surface area (Å²) in [4.78, 5) is 0. The molecule has 0 aromatic rings. The van der Waals surface area contributed by atoms with Crippen LogP contribution in [0.25, 0.3) is 0 Å².